The monoisotopic (exact) mass is 302 g/mol. The topological polar surface area (TPSA) is 109 Å². The van der Waals surface area contributed by atoms with E-state index < -0.39 is 16.0 Å². The Hall–Kier alpha value is -1.44. The summed E-state index contributed by atoms with van der Waals surface area (Å²) in [7, 11) is -3.77. The van der Waals surface area contributed by atoms with Crippen molar-refractivity contribution in [3.63, 3.8) is 0 Å². The van der Waals surface area contributed by atoms with E-state index in [0.717, 1.165) is 13.1 Å². The number of hydrogen-bond acceptors (Lipinski definition) is 4. The second kappa shape index (κ2) is 8.68. The Morgan fingerprint density at radius 2 is 1.80 bits per heavy atom. The molecule has 0 bridgehead atoms. The fraction of sp³-hybridized carbons (Fsp3) is 0.462. The Bertz CT molecular complexity index is 539. The number of aromatic carboxylic acids is 1. The molecule has 20 heavy (non-hydrogen) atoms. The summed E-state index contributed by atoms with van der Waals surface area (Å²) in [5.74, 6) is -1.08. The molecule has 7 heteroatoms. The van der Waals surface area contributed by atoms with Crippen LogP contribution in [0.3, 0.4) is 0 Å². The van der Waals surface area contributed by atoms with Gasteiger partial charge in [0, 0.05) is 0 Å². The number of nitrogens with one attached hydrogen (secondary N) is 1. The molecule has 0 heterocycles. The van der Waals surface area contributed by atoms with Gasteiger partial charge in [0.05, 0.1) is 10.5 Å². The molecule has 4 N–H and O–H groups in total. The van der Waals surface area contributed by atoms with E-state index in [1.165, 1.54) is 18.2 Å². The highest BCUT2D eigenvalue weighted by Crippen LogP contribution is 2.15. The number of carbonyl (C=O) groups is 1. The number of benzene rings is 1. The molecule has 0 aliphatic rings. The van der Waals surface area contributed by atoms with Crippen LogP contribution in [0.1, 0.15) is 36.7 Å². The SMILES string of the molecule is CCNCC.CCc1cc(S(N)(=O)=O)ccc1C(=O)O. The number of carboxylic acids is 1. The van der Waals surface area contributed by atoms with Gasteiger partial charge in [-0.25, -0.2) is 18.4 Å². The quantitative estimate of drug-likeness (QED) is 0.757. The highest BCUT2D eigenvalue weighted by Gasteiger charge is 2.13. The molecule has 6 nitrogen and oxygen atoms in total. The van der Waals surface area contributed by atoms with Crippen LogP contribution in [0.15, 0.2) is 23.1 Å². The molecule has 0 radical (unpaired) electrons. The lowest BCUT2D eigenvalue weighted by Crippen LogP contribution is -2.13. The highest BCUT2D eigenvalue weighted by molar-refractivity contribution is 7.89. The van der Waals surface area contributed by atoms with Crippen LogP contribution in [-0.2, 0) is 16.4 Å². The van der Waals surface area contributed by atoms with Crippen molar-refractivity contribution in [1.29, 1.82) is 0 Å². The minimum absolute atomic E-state index is 0.0654. The molecule has 0 atom stereocenters. The first-order valence-electron chi connectivity index (χ1n) is 6.37. The van der Waals surface area contributed by atoms with E-state index in [2.05, 4.69) is 19.2 Å². The van der Waals surface area contributed by atoms with Crippen LogP contribution in [0, 0.1) is 0 Å². The van der Waals surface area contributed by atoms with Crippen molar-refractivity contribution >= 4 is 16.0 Å². The fourth-order valence-electron chi connectivity index (χ4n) is 1.50. The maximum Gasteiger partial charge on any atom is 0.335 e. The second-order valence-corrected chi connectivity index (χ2v) is 5.54. The predicted molar refractivity (Wildman–Crippen MR) is 78.4 cm³/mol. The van der Waals surface area contributed by atoms with Gasteiger partial charge in [-0.3, -0.25) is 0 Å². The van der Waals surface area contributed by atoms with E-state index in [9.17, 15) is 13.2 Å². The number of sulfonamides is 1. The Labute approximate surface area is 120 Å². The van der Waals surface area contributed by atoms with E-state index >= 15 is 0 Å². The molecule has 114 valence electrons. The van der Waals surface area contributed by atoms with E-state index in [4.69, 9.17) is 10.2 Å². The lowest BCUT2D eigenvalue weighted by Gasteiger charge is -2.05. The van der Waals surface area contributed by atoms with Gasteiger partial charge in [-0.15, -0.1) is 0 Å². The highest BCUT2D eigenvalue weighted by atomic mass is 32.2. The minimum Gasteiger partial charge on any atom is -0.478 e. The van der Waals surface area contributed by atoms with Gasteiger partial charge in [-0.05, 0) is 43.3 Å². The standard InChI is InChI=1S/C9H11NO4S.C4H11N/c1-2-6-5-7(15(10,13)14)3-4-8(6)9(11)12;1-3-5-4-2/h3-5H,2H2,1H3,(H,11,12)(H2,10,13,14);5H,3-4H2,1-2H3. The smallest absolute Gasteiger partial charge is 0.335 e. The first-order chi connectivity index (χ1) is 9.27. The molecule has 1 aromatic rings. The largest absolute Gasteiger partial charge is 0.478 e. The first-order valence-corrected chi connectivity index (χ1v) is 7.92. The van der Waals surface area contributed by atoms with Crippen LogP contribution < -0.4 is 10.5 Å². The zero-order valence-corrected chi connectivity index (χ0v) is 12.8. The van der Waals surface area contributed by atoms with Crippen molar-refractivity contribution in [2.24, 2.45) is 5.14 Å². The van der Waals surface area contributed by atoms with Crippen LogP contribution in [0.25, 0.3) is 0 Å². The van der Waals surface area contributed by atoms with Gasteiger partial charge in [0.2, 0.25) is 10.0 Å². The van der Waals surface area contributed by atoms with E-state index in [1.807, 2.05) is 0 Å². The molecule has 0 fully saturated rings. The van der Waals surface area contributed by atoms with Crippen LogP contribution in [0.5, 0.6) is 0 Å². The summed E-state index contributed by atoms with van der Waals surface area (Å²) in [6.45, 7) is 8.13. The Kier molecular flexibility index (Phi) is 8.05. The third-order valence-corrected chi connectivity index (χ3v) is 3.43. The number of nitrogens with two attached hydrogens (primary N) is 1. The van der Waals surface area contributed by atoms with Crippen LogP contribution in [0.2, 0.25) is 0 Å². The molecule has 1 rings (SSSR count). The van der Waals surface area contributed by atoms with Crippen molar-refractivity contribution < 1.29 is 18.3 Å². The summed E-state index contributed by atoms with van der Waals surface area (Å²) in [4.78, 5) is 10.7. The van der Waals surface area contributed by atoms with Crippen LogP contribution >= 0.6 is 0 Å². The van der Waals surface area contributed by atoms with Gasteiger partial charge in [-0.1, -0.05) is 20.8 Å². The van der Waals surface area contributed by atoms with Gasteiger partial charge in [0.15, 0.2) is 0 Å². The zero-order valence-electron chi connectivity index (χ0n) is 12.0. The van der Waals surface area contributed by atoms with Crippen molar-refractivity contribution in [1.82, 2.24) is 5.32 Å². The van der Waals surface area contributed by atoms with E-state index in [1.54, 1.807) is 6.92 Å². The first kappa shape index (κ1) is 18.6. The molecule has 0 aromatic heterocycles. The van der Waals surface area contributed by atoms with Gasteiger partial charge in [0.1, 0.15) is 0 Å². The molecule has 0 saturated carbocycles. The molecule has 0 aliphatic heterocycles. The van der Waals surface area contributed by atoms with Crippen molar-refractivity contribution in [3.8, 4) is 0 Å². The third-order valence-electron chi connectivity index (χ3n) is 2.52. The zero-order chi connectivity index (χ0) is 15.8. The number of aryl methyl sites for hydroxylation is 1. The molecule has 1 aromatic carbocycles. The molecule has 0 aliphatic carbocycles. The second-order valence-electron chi connectivity index (χ2n) is 3.98. The maximum absolute atomic E-state index is 11.0. The summed E-state index contributed by atoms with van der Waals surface area (Å²) in [5.41, 5.74) is 0.555. The summed E-state index contributed by atoms with van der Waals surface area (Å²) >= 11 is 0. The lowest BCUT2D eigenvalue weighted by atomic mass is 10.1. The van der Waals surface area contributed by atoms with E-state index in [0.29, 0.717) is 12.0 Å². The Morgan fingerprint density at radius 1 is 1.25 bits per heavy atom. The van der Waals surface area contributed by atoms with Crippen molar-refractivity contribution in [3.05, 3.63) is 29.3 Å². The predicted octanol–water partition coefficient (Wildman–Crippen LogP) is 1.21. The normalized spacial score (nSPS) is 10.6. The number of carboxylic acid groups (broad SMARTS) is 1. The molecule has 0 unspecified atom stereocenters. The van der Waals surface area contributed by atoms with Gasteiger partial charge < -0.3 is 10.4 Å². The van der Waals surface area contributed by atoms with Crippen molar-refractivity contribution in [2.75, 3.05) is 13.1 Å². The average molecular weight is 302 g/mol. The summed E-state index contributed by atoms with van der Waals surface area (Å²) < 4.78 is 22.0. The fourth-order valence-corrected chi connectivity index (χ4v) is 2.06. The van der Waals surface area contributed by atoms with Gasteiger partial charge in [0.25, 0.3) is 0 Å². The van der Waals surface area contributed by atoms with Crippen LogP contribution in [-0.4, -0.2) is 32.6 Å². The molecule has 0 amide bonds. The number of primary sulfonamides is 1. The molecule has 0 spiro atoms. The lowest BCUT2D eigenvalue weighted by molar-refractivity contribution is 0.0695. The molecular formula is C13H22N2O4S. The van der Waals surface area contributed by atoms with Gasteiger partial charge in [-0.2, -0.15) is 0 Å². The van der Waals surface area contributed by atoms with Gasteiger partial charge >= 0.3 is 5.97 Å². The minimum atomic E-state index is -3.77. The van der Waals surface area contributed by atoms with Crippen LogP contribution in [0.4, 0.5) is 0 Å². The van der Waals surface area contributed by atoms with E-state index in [-0.39, 0.29) is 10.5 Å². The van der Waals surface area contributed by atoms with Crippen molar-refractivity contribution in [2.45, 2.75) is 32.1 Å². The third kappa shape index (κ3) is 6.14. The summed E-state index contributed by atoms with van der Waals surface area (Å²) in [6.07, 6.45) is 0.436. The Balaban J connectivity index is 0.000000621. The maximum atomic E-state index is 11.0. The number of hydrogen-bond donors (Lipinski definition) is 3. The molecule has 0 saturated heterocycles. The number of rotatable bonds is 5. The summed E-state index contributed by atoms with van der Waals surface area (Å²) in [6, 6.07) is 3.73. The average Bonchev–Trinajstić information content (AvgIpc) is 2.38. The molecular weight excluding hydrogens is 280 g/mol. The Morgan fingerprint density at radius 3 is 2.10 bits per heavy atom. The summed E-state index contributed by atoms with van der Waals surface area (Å²) in [5, 5.41) is 16.9.